The maximum Gasteiger partial charge on any atom is 0.244 e. The molecule has 35 heavy (non-hydrogen) atoms. The van der Waals surface area contributed by atoms with Crippen molar-refractivity contribution in [1.82, 2.24) is 4.31 Å². The molecule has 2 aromatic carbocycles. The Balaban J connectivity index is 1.56. The van der Waals surface area contributed by atoms with Crippen LogP contribution in [0.3, 0.4) is 0 Å². The molecule has 2 heterocycles. The number of anilines is 2. The summed E-state index contributed by atoms with van der Waals surface area (Å²) in [5.74, 6) is 0.100. The Hall–Kier alpha value is -2.43. The number of rotatable bonds is 6. The van der Waals surface area contributed by atoms with Crippen LogP contribution >= 0.6 is 15.9 Å². The van der Waals surface area contributed by atoms with Crippen LogP contribution in [0.5, 0.6) is 5.75 Å². The minimum absolute atomic E-state index is 0.0281. The molecule has 0 N–H and O–H groups in total. The van der Waals surface area contributed by atoms with Gasteiger partial charge in [-0.1, -0.05) is 6.92 Å². The molecule has 2 aliphatic heterocycles. The van der Waals surface area contributed by atoms with Crippen LogP contribution in [-0.4, -0.2) is 58.3 Å². The van der Waals surface area contributed by atoms with E-state index in [9.17, 15) is 18.0 Å². The minimum Gasteiger partial charge on any atom is -0.497 e. The van der Waals surface area contributed by atoms with Gasteiger partial charge in [-0.2, -0.15) is 4.31 Å². The Morgan fingerprint density at radius 2 is 1.89 bits per heavy atom. The molecule has 1 saturated heterocycles. The highest BCUT2D eigenvalue weighted by Crippen LogP contribution is 2.38. The van der Waals surface area contributed by atoms with Crippen LogP contribution in [-0.2, 0) is 26.0 Å². The summed E-state index contributed by atoms with van der Waals surface area (Å²) in [7, 11) is -0.589. The van der Waals surface area contributed by atoms with Crippen molar-refractivity contribution in [3.05, 3.63) is 46.4 Å². The number of amides is 2. The number of methoxy groups -OCH3 is 1. The van der Waals surface area contributed by atoms with Crippen molar-refractivity contribution in [3.8, 4) is 5.75 Å². The average Bonchev–Trinajstić information content (AvgIpc) is 3.29. The first-order valence-electron chi connectivity index (χ1n) is 11.7. The standard InChI is InChI=1S/C25H30BrN3O5S/c1-4-24(30)29-13-11-17-14-21(26)23(15-22(17)29)35(32,33)28-12-5-6-18(16-28)25(31)27(2)19-7-9-20(34-3)10-8-19/h7-10,14-15,18H,4-6,11-13,16H2,1-3H3/t18-/m0/s1. The summed E-state index contributed by atoms with van der Waals surface area (Å²) in [5.41, 5.74) is 2.32. The molecule has 2 aliphatic rings. The number of nitrogens with zero attached hydrogens (tertiary/aromatic N) is 3. The molecule has 1 atom stereocenters. The lowest BCUT2D eigenvalue weighted by Crippen LogP contribution is -2.46. The minimum atomic E-state index is -3.87. The Labute approximate surface area is 215 Å². The van der Waals surface area contributed by atoms with Gasteiger partial charge in [0.25, 0.3) is 0 Å². The van der Waals surface area contributed by atoms with Crippen molar-refractivity contribution in [2.75, 3.05) is 43.6 Å². The molecule has 0 spiro atoms. The highest BCUT2D eigenvalue weighted by molar-refractivity contribution is 9.10. The molecular weight excluding hydrogens is 534 g/mol. The number of hydrogen-bond donors (Lipinski definition) is 0. The van der Waals surface area contributed by atoms with Gasteiger partial charge in [-0.05, 0) is 77.2 Å². The van der Waals surface area contributed by atoms with E-state index in [2.05, 4.69) is 15.9 Å². The zero-order chi connectivity index (χ0) is 25.3. The smallest absolute Gasteiger partial charge is 0.244 e. The molecule has 2 amide bonds. The first-order valence-corrected chi connectivity index (χ1v) is 13.9. The first kappa shape index (κ1) is 25.7. The number of sulfonamides is 1. The zero-order valence-electron chi connectivity index (χ0n) is 20.2. The fourth-order valence-electron chi connectivity index (χ4n) is 4.74. The lowest BCUT2D eigenvalue weighted by molar-refractivity contribution is -0.123. The van der Waals surface area contributed by atoms with Crippen LogP contribution in [0.4, 0.5) is 11.4 Å². The van der Waals surface area contributed by atoms with Gasteiger partial charge < -0.3 is 14.5 Å². The van der Waals surface area contributed by atoms with Gasteiger partial charge in [-0.3, -0.25) is 9.59 Å². The van der Waals surface area contributed by atoms with E-state index in [-0.39, 0.29) is 23.3 Å². The van der Waals surface area contributed by atoms with Crippen molar-refractivity contribution in [1.29, 1.82) is 0 Å². The Kier molecular flexibility index (Phi) is 7.54. The number of halogens is 1. The molecular formula is C25H30BrN3O5S. The van der Waals surface area contributed by atoms with Crippen molar-refractivity contribution in [3.63, 3.8) is 0 Å². The zero-order valence-corrected chi connectivity index (χ0v) is 22.6. The summed E-state index contributed by atoms with van der Waals surface area (Å²) in [6.45, 7) is 2.81. The van der Waals surface area contributed by atoms with E-state index >= 15 is 0 Å². The van der Waals surface area contributed by atoms with E-state index in [1.807, 2.05) is 0 Å². The van der Waals surface area contributed by atoms with Gasteiger partial charge in [0, 0.05) is 49.0 Å². The van der Waals surface area contributed by atoms with Gasteiger partial charge in [0.05, 0.1) is 17.9 Å². The molecule has 4 rings (SSSR count). The number of carbonyl (C=O) groups excluding carboxylic acids is 2. The molecule has 1 fully saturated rings. The van der Waals surface area contributed by atoms with Gasteiger partial charge in [0.2, 0.25) is 21.8 Å². The molecule has 8 nitrogen and oxygen atoms in total. The van der Waals surface area contributed by atoms with Gasteiger partial charge in [0.15, 0.2) is 0 Å². The summed E-state index contributed by atoms with van der Waals surface area (Å²) in [5, 5.41) is 0. The quantitative estimate of drug-likeness (QED) is 0.533. The predicted octanol–water partition coefficient (Wildman–Crippen LogP) is 3.82. The summed E-state index contributed by atoms with van der Waals surface area (Å²) < 4.78 is 34.4. The average molecular weight is 565 g/mol. The summed E-state index contributed by atoms with van der Waals surface area (Å²) in [4.78, 5) is 29.0. The Morgan fingerprint density at radius 3 is 2.54 bits per heavy atom. The molecule has 0 bridgehead atoms. The molecule has 188 valence electrons. The van der Waals surface area contributed by atoms with Crippen LogP contribution in [0.2, 0.25) is 0 Å². The molecule has 10 heteroatoms. The first-order chi connectivity index (χ1) is 16.7. The SMILES string of the molecule is CCC(=O)N1CCc2cc(Br)c(S(=O)(=O)N3CCC[C@H](C(=O)N(C)c4ccc(OC)cc4)C3)cc21. The van der Waals surface area contributed by atoms with Crippen LogP contribution in [0.15, 0.2) is 45.8 Å². The predicted molar refractivity (Wildman–Crippen MR) is 138 cm³/mol. The molecule has 0 aromatic heterocycles. The third-order valence-corrected chi connectivity index (χ3v) is 9.60. The van der Waals surface area contributed by atoms with E-state index in [1.54, 1.807) is 67.3 Å². The highest BCUT2D eigenvalue weighted by atomic mass is 79.9. The third-order valence-electron chi connectivity index (χ3n) is 6.77. The Bertz CT molecular complexity index is 1230. The highest BCUT2D eigenvalue weighted by Gasteiger charge is 2.37. The van der Waals surface area contributed by atoms with Gasteiger partial charge >= 0.3 is 0 Å². The van der Waals surface area contributed by atoms with Crippen molar-refractivity contribution in [2.24, 2.45) is 5.92 Å². The maximum absolute atomic E-state index is 13.7. The Morgan fingerprint density at radius 1 is 1.17 bits per heavy atom. The summed E-state index contributed by atoms with van der Waals surface area (Å²) >= 11 is 3.44. The number of piperidine rings is 1. The molecule has 0 aliphatic carbocycles. The van der Waals surface area contributed by atoms with Gasteiger partial charge in [0.1, 0.15) is 5.75 Å². The summed E-state index contributed by atoms with van der Waals surface area (Å²) in [6, 6.07) is 10.6. The molecule has 0 unspecified atom stereocenters. The number of hydrogen-bond acceptors (Lipinski definition) is 5. The van der Waals surface area contributed by atoms with Crippen LogP contribution in [0, 0.1) is 5.92 Å². The molecule has 0 radical (unpaired) electrons. The van der Waals surface area contributed by atoms with Crippen molar-refractivity contribution in [2.45, 2.75) is 37.5 Å². The largest absolute Gasteiger partial charge is 0.497 e. The molecule has 0 saturated carbocycles. The lowest BCUT2D eigenvalue weighted by atomic mass is 9.98. The number of carbonyl (C=O) groups is 2. The fraction of sp³-hybridized carbons (Fsp3) is 0.440. The van der Waals surface area contributed by atoms with E-state index in [4.69, 9.17) is 4.74 Å². The fourth-order valence-corrected chi connectivity index (χ4v) is 7.34. The van der Waals surface area contributed by atoms with Crippen LogP contribution in [0.1, 0.15) is 31.7 Å². The van der Waals surface area contributed by atoms with Gasteiger partial charge in [-0.25, -0.2) is 8.42 Å². The third kappa shape index (κ3) is 4.96. The second kappa shape index (κ2) is 10.3. The van der Waals surface area contributed by atoms with Crippen molar-refractivity contribution >= 4 is 49.1 Å². The van der Waals surface area contributed by atoms with E-state index in [0.29, 0.717) is 54.7 Å². The van der Waals surface area contributed by atoms with E-state index in [0.717, 1.165) is 11.3 Å². The second-order valence-electron chi connectivity index (χ2n) is 8.86. The summed E-state index contributed by atoms with van der Waals surface area (Å²) in [6.07, 6.45) is 2.26. The van der Waals surface area contributed by atoms with Crippen molar-refractivity contribution < 1.29 is 22.7 Å². The second-order valence-corrected chi connectivity index (χ2v) is 11.6. The van der Waals surface area contributed by atoms with Crippen LogP contribution < -0.4 is 14.5 Å². The van der Waals surface area contributed by atoms with Crippen LogP contribution in [0.25, 0.3) is 0 Å². The van der Waals surface area contributed by atoms with E-state index < -0.39 is 15.9 Å². The molecule has 2 aromatic rings. The lowest BCUT2D eigenvalue weighted by Gasteiger charge is -2.33. The number of fused-ring (bicyclic) bond motifs is 1. The van der Waals surface area contributed by atoms with E-state index in [1.165, 1.54) is 4.31 Å². The maximum atomic E-state index is 13.7. The van der Waals surface area contributed by atoms with Gasteiger partial charge in [-0.15, -0.1) is 0 Å². The monoisotopic (exact) mass is 563 g/mol. The normalized spacial score (nSPS) is 18.3. The topological polar surface area (TPSA) is 87.2 Å². The number of benzene rings is 2. The number of ether oxygens (including phenoxy) is 1.